The number of nitrogens with one attached hydrogen (secondary N) is 1. The van der Waals surface area contributed by atoms with E-state index in [0.717, 1.165) is 12.1 Å². The molecule has 1 radical (unpaired) electrons. The summed E-state index contributed by atoms with van der Waals surface area (Å²) in [5.41, 5.74) is -0.589. The third kappa shape index (κ3) is 3.96. The average Bonchev–Trinajstić information content (AvgIpc) is 2.18. The van der Waals surface area contributed by atoms with Gasteiger partial charge >= 0.3 is 0 Å². The molecule has 17 heavy (non-hydrogen) atoms. The van der Waals surface area contributed by atoms with Gasteiger partial charge in [-0.15, -0.1) is 0 Å². The molecular weight excluding hydrogens is 257 g/mol. The number of alkyl halides is 2. The van der Waals surface area contributed by atoms with E-state index in [0.29, 0.717) is 0 Å². The van der Waals surface area contributed by atoms with Crippen molar-refractivity contribution in [3.63, 3.8) is 0 Å². The predicted octanol–water partition coefficient (Wildman–Crippen LogP) is 1.50. The summed E-state index contributed by atoms with van der Waals surface area (Å²) < 4.78 is 60.6. The molecule has 0 aromatic heterocycles. The van der Waals surface area contributed by atoms with E-state index in [9.17, 15) is 21.6 Å². The van der Waals surface area contributed by atoms with E-state index in [4.69, 9.17) is 5.26 Å². The zero-order valence-electron chi connectivity index (χ0n) is 8.25. The summed E-state index contributed by atoms with van der Waals surface area (Å²) in [6.45, 7) is 0. The zero-order chi connectivity index (χ0) is 13.1. The highest BCUT2D eigenvalue weighted by Gasteiger charge is 2.19. The van der Waals surface area contributed by atoms with Gasteiger partial charge in [0.2, 0.25) is 10.0 Å². The molecule has 0 bridgehead atoms. The van der Waals surface area contributed by atoms with E-state index in [1.54, 1.807) is 4.72 Å². The molecule has 0 aliphatic heterocycles. The summed E-state index contributed by atoms with van der Waals surface area (Å²) >= 11 is 0. The Kier molecular flexibility index (Phi) is 3.96. The van der Waals surface area contributed by atoms with Crippen LogP contribution in [-0.2, 0) is 10.0 Å². The Bertz CT molecular complexity index is 552. The fourth-order valence-electron chi connectivity index (χ4n) is 1.02. The van der Waals surface area contributed by atoms with Crippen molar-refractivity contribution < 1.29 is 21.6 Å². The van der Waals surface area contributed by atoms with Crippen molar-refractivity contribution in [3.8, 4) is 6.07 Å². The molecule has 1 N–H and O–H groups in total. The minimum atomic E-state index is -4.27. The van der Waals surface area contributed by atoms with Crippen LogP contribution in [0, 0.1) is 23.2 Å². The SMILES string of the molecule is N#Cc1cc(F)[c]cc1NS(=O)(=O)CC(F)F. The Labute approximate surface area is 95.7 Å². The quantitative estimate of drug-likeness (QED) is 0.895. The van der Waals surface area contributed by atoms with Crippen molar-refractivity contribution in [2.24, 2.45) is 0 Å². The molecule has 1 rings (SSSR count). The topological polar surface area (TPSA) is 70.0 Å². The van der Waals surface area contributed by atoms with E-state index in [1.165, 1.54) is 6.07 Å². The third-order valence-corrected chi connectivity index (χ3v) is 2.87. The molecule has 1 aromatic carbocycles. The van der Waals surface area contributed by atoms with Gasteiger partial charge < -0.3 is 0 Å². The standard InChI is InChI=1S/C9H6F3N2O2S/c10-7-1-2-8(6(3-7)4-13)14-17(15,16)5-9(11)12/h2-3,9,14H,5H2. The molecule has 0 aliphatic carbocycles. The van der Waals surface area contributed by atoms with Gasteiger partial charge in [-0.25, -0.2) is 21.6 Å². The molecule has 0 atom stereocenters. The number of sulfonamides is 1. The molecule has 0 aliphatic rings. The Hall–Kier alpha value is -1.75. The Balaban J connectivity index is 3.01. The van der Waals surface area contributed by atoms with Gasteiger partial charge in [0.1, 0.15) is 17.6 Å². The van der Waals surface area contributed by atoms with Crippen molar-refractivity contribution in [3.05, 3.63) is 29.6 Å². The van der Waals surface area contributed by atoms with Crippen LogP contribution >= 0.6 is 0 Å². The van der Waals surface area contributed by atoms with Crippen molar-refractivity contribution in [1.82, 2.24) is 0 Å². The second-order valence-electron chi connectivity index (χ2n) is 2.99. The van der Waals surface area contributed by atoms with E-state index in [1.807, 2.05) is 6.07 Å². The first-order chi connectivity index (χ1) is 7.84. The Morgan fingerprint density at radius 1 is 1.53 bits per heavy atom. The molecule has 0 saturated heterocycles. The first kappa shape index (κ1) is 13.3. The van der Waals surface area contributed by atoms with Gasteiger partial charge in [0.25, 0.3) is 6.43 Å². The summed E-state index contributed by atoms with van der Waals surface area (Å²) in [4.78, 5) is 0. The van der Waals surface area contributed by atoms with Gasteiger partial charge in [0.05, 0.1) is 11.3 Å². The number of rotatable bonds is 4. The number of hydrogen-bond donors (Lipinski definition) is 1. The van der Waals surface area contributed by atoms with Crippen LogP contribution in [0.15, 0.2) is 12.1 Å². The van der Waals surface area contributed by atoms with Crippen LogP contribution in [0.3, 0.4) is 0 Å². The molecule has 0 fully saturated rings. The smallest absolute Gasteiger partial charge is 0.254 e. The number of nitrogens with zero attached hydrogens (tertiary/aromatic N) is 1. The van der Waals surface area contributed by atoms with Crippen LogP contribution in [0.4, 0.5) is 18.9 Å². The van der Waals surface area contributed by atoms with Crippen molar-refractivity contribution >= 4 is 15.7 Å². The van der Waals surface area contributed by atoms with Gasteiger partial charge in [-0.2, -0.15) is 5.26 Å². The third-order valence-electron chi connectivity index (χ3n) is 1.65. The molecule has 0 heterocycles. The highest BCUT2D eigenvalue weighted by atomic mass is 32.2. The van der Waals surface area contributed by atoms with Crippen molar-refractivity contribution in [2.45, 2.75) is 6.43 Å². The summed E-state index contributed by atoms with van der Waals surface area (Å²) in [6.07, 6.45) is -3.04. The van der Waals surface area contributed by atoms with Crippen LogP contribution in [0.25, 0.3) is 0 Å². The molecule has 0 saturated carbocycles. The Morgan fingerprint density at radius 2 is 2.18 bits per heavy atom. The minimum absolute atomic E-state index is 0.283. The van der Waals surface area contributed by atoms with Gasteiger partial charge in [-0.05, 0) is 12.1 Å². The van der Waals surface area contributed by atoms with Crippen molar-refractivity contribution in [2.75, 3.05) is 10.5 Å². The van der Waals surface area contributed by atoms with Gasteiger partial charge in [0.15, 0.2) is 0 Å². The monoisotopic (exact) mass is 263 g/mol. The summed E-state index contributed by atoms with van der Waals surface area (Å²) in [7, 11) is -4.27. The number of benzene rings is 1. The van der Waals surface area contributed by atoms with E-state index in [2.05, 4.69) is 0 Å². The van der Waals surface area contributed by atoms with Crippen LogP contribution in [0.5, 0.6) is 0 Å². The molecule has 4 nitrogen and oxygen atoms in total. The van der Waals surface area contributed by atoms with Crippen LogP contribution in [-0.4, -0.2) is 20.6 Å². The number of halogens is 3. The first-order valence-electron chi connectivity index (χ1n) is 4.24. The molecule has 91 valence electrons. The highest BCUT2D eigenvalue weighted by molar-refractivity contribution is 7.92. The molecule has 8 heteroatoms. The van der Waals surface area contributed by atoms with Gasteiger partial charge in [-0.3, -0.25) is 4.72 Å². The maximum Gasteiger partial charge on any atom is 0.254 e. The second kappa shape index (κ2) is 5.05. The first-order valence-corrected chi connectivity index (χ1v) is 5.89. The number of nitriles is 1. The van der Waals surface area contributed by atoms with Crippen molar-refractivity contribution in [1.29, 1.82) is 5.26 Å². The zero-order valence-corrected chi connectivity index (χ0v) is 9.06. The fourth-order valence-corrected chi connectivity index (χ4v) is 1.94. The lowest BCUT2D eigenvalue weighted by Gasteiger charge is -2.08. The molecule has 1 aromatic rings. The average molecular weight is 263 g/mol. The van der Waals surface area contributed by atoms with Gasteiger partial charge in [-0.1, -0.05) is 0 Å². The van der Waals surface area contributed by atoms with Crippen LogP contribution in [0.2, 0.25) is 0 Å². The van der Waals surface area contributed by atoms with E-state index < -0.39 is 28.0 Å². The maximum atomic E-state index is 12.7. The molecular formula is C9H6F3N2O2S. The second-order valence-corrected chi connectivity index (χ2v) is 4.76. The van der Waals surface area contributed by atoms with Crippen LogP contribution in [0.1, 0.15) is 5.56 Å². The highest BCUT2D eigenvalue weighted by Crippen LogP contribution is 2.17. The molecule has 0 amide bonds. The lowest BCUT2D eigenvalue weighted by Crippen LogP contribution is -2.21. The largest absolute Gasteiger partial charge is 0.282 e. The Morgan fingerprint density at radius 3 is 2.71 bits per heavy atom. The normalized spacial score (nSPS) is 11.2. The summed E-state index contributed by atoms with van der Waals surface area (Å²) in [5.74, 6) is -2.24. The minimum Gasteiger partial charge on any atom is -0.282 e. The summed E-state index contributed by atoms with van der Waals surface area (Å²) in [5, 5.41) is 8.61. The molecule has 0 unspecified atom stereocenters. The predicted molar refractivity (Wildman–Crippen MR) is 53.4 cm³/mol. The maximum absolute atomic E-state index is 12.7. The van der Waals surface area contributed by atoms with E-state index >= 15 is 0 Å². The number of hydrogen-bond acceptors (Lipinski definition) is 3. The number of anilines is 1. The lowest BCUT2D eigenvalue weighted by atomic mass is 10.2. The van der Waals surface area contributed by atoms with Crippen LogP contribution < -0.4 is 4.72 Å². The molecule has 0 spiro atoms. The van der Waals surface area contributed by atoms with E-state index in [-0.39, 0.29) is 11.3 Å². The fraction of sp³-hybridized carbons (Fsp3) is 0.222. The summed E-state index contributed by atoms with van der Waals surface area (Å²) in [6, 6.07) is 5.18. The lowest BCUT2D eigenvalue weighted by molar-refractivity contribution is 0.174. The van der Waals surface area contributed by atoms with Gasteiger partial charge in [0, 0.05) is 6.07 Å².